The Morgan fingerprint density at radius 3 is 2.88 bits per heavy atom. The zero-order valence-corrected chi connectivity index (χ0v) is 14.4. The van der Waals surface area contributed by atoms with Crippen molar-refractivity contribution >= 4 is 28.7 Å². The maximum atomic E-state index is 11.9. The topological polar surface area (TPSA) is 67.4 Å². The fourth-order valence-electron chi connectivity index (χ4n) is 2.56. The molecular formula is C17H22N4O2S. The van der Waals surface area contributed by atoms with Crippen molar-refractivity contribution in [1.82, 2.24) is 20.2 Å². The molecule has 1 aromatic heterocycles. The third kappa shape index (κ3) is 5.15. The van der Waals surface area contributed by atoms with Crippen LogP contribution in [0.25, 0.3) is 11.0 Å². The van der Waals surface area contributed by atoms with Crippen LogP contribution < -0.4 is 5.32 Å². The first-order chi connectivity index (χ1) is 11.8. The Kier molecular flexibility index (Phi) is 6.40. The molecule has 1 aliphatic rings. The maximum Gasteiger partial charge on any atom is 0.230 e. The predicted molar refractivity (Wildman–Crippen MR) is 95.1 cm³/mol. The van der Waals surface area contributed by atoms with Crippen LogP contribution in [0.3, 0.4) is 0 Å². The molecule has 2 aromatic rings. The number of aromatic nitrogens is 2. The van der Waals surface area contributed by atoms with E-state index < -0.39 is 0 Å². The highest BCUT2D eigenvalue weighted by atomic mass is 32.2. The Morgan fingerprint density at radius 2 is 2.04 bits per heavy atom. The highest BCUT2D eigenvalue weighted by molar-refractivity contribution is 7.99. The van der Waals surface area contributed by atoms with E-state index in [9.17, 15) is 4.79 Å². The molecule has 3 rings (SSSR count). The number of para-hydroxylation sites is 2. The van der Waals surface area contributed by atoms with E-state index in [0.29, 0.717) is 12.3 Å². The quantitative estimate of drug-likeness (QED) is 0.606. The Hall–Kier alpha value is -1.70. The smallest absolute Gasteiger partial charge is 0.230 e. The first-order valence-corrected chi connectivity index (χ1v) is 9.21. The molecule has 1 N–H and O–H groups in total. The number of carbonyl (C=O) groups is 1. The third-order valence-corrected chi connectivity index (χ3v) is 4.75. The van der Waals surface area contributed by atoms with Crippen molar-refractivity contribution in [2.75, 3.05) is 45.1 Å². The lowest BCUT2D eigenvalue weighted by molar-refractivity contribution is -0.118. The van der Waals surface area contributed by atoms with Gasteiger partial charge < -0.3 is 10.1 Å². The molecule has 0 saturated carbocycles. The SMILES string of the molecule is O=C(CSc1cnc2ccccc2n1)NCCCN1CCOCC1. The van der Waals surface area contributed by atoms with Crippen molar-refractivity contribution in [3.63, 3.8) is 0 Å². The van der Waals surface area contributed by atoms with Crippen molar-refractivity contribution in [1.29, 1.82) is 0 Å². The number of hydrogen-bond acceptors (Lipinski definition) is 6. The number of nitrogens with zero attached hydrogens (tertiary/aromatic N) is 3. The number of carbonyl (C=O) groups excluding carboxylic acids is 1. The molecule has 1 amide bonds. The Balaban J connectivity index is 1.35. The Labute approximate surface area is 146 Å². The first kappa shape index (κ1) is 17.1. The lowest BCUT2D eigenvalue weighted by atomic mass is 10.3. The van der Waals surface area contributed by atoms with Crippen LogP contribution in [-0.2, 0) is 9.53 Å². The van der Waals surface area contributed by atoms with E-state index in [1.807, 2.05) is 24.3 Å². The van der Waals surface area contributed by atoms with E-state index in [1.165, 1.54) is 11.8 Å². The summed E-state index contributed by atoms with van der Waals surface area (Å²) < 4.78 is 5.32. The molecule has 0 atom stereocenters. The van der Waals surface area contributed by atoms with Gasteiger partial charge >= 0.3 is 0 Å². The standard InChI is InChI=1S/C17H22N4O2S/c22-16(18-6-3-7-21-8-10-23-11-9-21)13-24-17-12-19-14-4-1-2-5-15(14)20-17/h1-2,4-5,12H,3,6-11,13H2,(H,18,22). The van der Waals surface area contributed by atoms with E-state index >= 15 is 0 Å². The fourth-order valence-corrected chi connectivity index (χ4v) is 3.23. The number of rotatable bonds is 7. The summed E-state index contributed by atoms with van der Waals surface area (Å²) in [5.41, 5.74) is 1.72. The number of amides is 1. The zero-order valence-electron chi connectivity index (χ0n) is 13.6. The van der Waals surface area contributed by atoms with Crippen molar-refractivity contribution in [2.24, 2.45) is 0 Å². The van der Waals surface area contributed by atoms with Crippen molar-refractivity contribution in [2.45, 2.75) is 11.4 Å². The zero-order chi connectivity index (χ0) is 16.6. The largest absolute Gasteiger partial charge is 0.379 e. The average molecular weight is 346 g/mol. The van der Waals surface area contributed by atoms with Gasteiger partial charge in [-0.15, -0.1) is 0 Å². The number of ether oxygens (including phenoxy) is 1. The minimum absolute atomic E-state index is 0.0388. The van der Waals surface area contributed by atoms with Crippen LogP contribution in [0.2, 0.25) is 0 Å². The molecule has 128 valence electrons. The number of benzene rings is 1. The highest BCUT2D eigenvalue weighted by Gasteiger charge is 2.10. The summed E-state index contributed by atoms with van der Waals surface area (Å²) in [4.78, 5) is 23.1. The van der Waals surface area contributed by atoms with Gasteiger partial charge in [-0.1, -0.05) is 23.9 Å². The van der Waals surface area contributed by atoms with Gasteiger partial charge in [-0.3, -0.25) is 14.7 Å². The van der Waals surface area contributed by atoms with Crippen LogP contribution in [0.1, 0.15) is 6.42 Å². The molecule has 1 aliphatic heterocycles. The molecular weight excluding hydrogens is 324 g/mol. The number of morpholine rings is 1. The highest BCUT2D eigenvalue weighted by Crippen LogP contribution is 2.17. The fraction of sp³-hybridized carbons (Fsp3) is 0.471. The predicted octanol–water partition coefficient (Wildman–Crippen LogP) is 1.56. The van der Waals surface area contributed by atoms with Crippen LogP contribution >= 0.6 is 11.8 Å². The monoisotopic (exact) mass is 346 g/mol. The molecule has 2 heterocycles. The van der Waals surface area contributed by atoms with Crippen LogP contribution in [-0.4, -0.2) is 65.9 Å². The molecule has 1 aromatic carbocycles. The normalized spacial score (nSPS) is 15.5. The van der Waals surface area contributed by atoms with E-state index in [4.69, 9.17) is 4.74 Å². The Bertz CT molecular complexity index is 676. The molecule has 0 radical (unpaired) electrons. The molecule has 6 nitrogen and oxygen atoms in total. The molecule has 1 saturated heterocycles. The van der Waals surface area contributed by atoms with Gasteiger partial charge in [0.05, 0.1) is 36.2 Å². The van der Waals surface area contributed by atoms with Crippen LogP contribution in [0.5, 0.6) is 0 Å². The molecule has 1 fully saturated rings. The lowest BCUT2D eigenvalue weighted by Crippen LogP contribution is -2.38. The molecule has 24 heavy (non-hydrogen) atoms. The summed E-state index contributed by atoms with van der Waals surface area (Å²) in [6.07, 6.45) is 2.69. The number of hydrogen-bond donors (Lipinski definition) is 1. The van der Waals surface area contributed by atoms with E-state index in [1.54, 1.807) is 6.20 Å². The molecule has 0 bridgehead atoms. The minimum atomic E-state index is 0.0388. The number of fused-ring (bicyclic) bond motifs is 1. The second-order valence-electron chi connectivity index (χ2n) is 5.64. The van der Waals surface area contributed by atoms with Crippen LogP contribution in [0.15, 0.2) is 35.5 Å². The summed E-state index contributed by atoms with van der Waals surface area (Å²) in [6.45, 7) is 5.33. The van der Waals surface area contributed by atoms with Crippen LogP contribution in [0, 0.1) is 0 Å². The second-order valence-corrected chi connectivity index (χ2v) is 6.64. The Morgan fingerprint density at radius 1 is 1.25 bits per heavy atom. The molecule has 0 aliphatic carbocycles. The number of thioether (sulfide) groups is 1. The summed E-state index contributed by atoms with van der Waals surface area (Å²) in [5.74, 6) is 0.404. The first-order valence-electron chi connectivity index (χ1n) is 8.23. The maximum absolute atomic E-state index is 11.9. The van der Waals surface area contributed by atoms with Gasteiger partial charge in [0.25, 0.3) is 0 Å². The lowest BCUT2D eigenvalue weighted by Gasteiger charge is -2.26. The second kappa shape index (κ2) is 8.96. The van der Waals surface area contributed by atoms with Gasteiger partial charge in [-0.2, -0.15) is 0 Å². The summed E-state index contributed by atoms with van der Waals surface area (Å²) in [7, 11) is 0. The number of nitrogens with one attached hydrogen (secondary N) is 1. The van der Waals surface area contributed by atoms with E-state index in [-0.39, 0.29) is 5.91 Å². The van der Waals surface area contributed by atoms with Gasteiger partial charge in [-0.05, 0) is 25.1 Å². The van der Waals surface area contributed by atoms with E-state index in [2.05, 4.69) is 20.2 Å². The van der Waals surface area contributed by atoms with Crippen molar-refractivity contribution in [3.05, 3.63) is 30.5 Å². The molecule has 0 spiro atoms. The van der Waals surface area contributed by atoms with Gasteiger partial charge in [0.1, 0.15) is 5.03 Å². The van der Waals surface area contributed by atoms with Gasteiger partial charge in [-0.25, -0.2) is 4.98 Å². The van der Waals surface area contributed by atoms with E-state index in [0.717, 1.165) is 55.3 Å². The summed E-state index contributed by atoms with van der Waals surface area (Å²) >= 11 is 1.42. The van der Waals surface area contributed by atoms with Gasteiger partial charge in [0, 0.05) is 19.6 Å². The molecule has 7 heteroatoms. The minimum Gasteiger partial charge on any atom is -0.379 e. The van der Waals surface area contributed by atoms with Gasteiger partial charge in [0.15, 0.2) is 0 Å². The molecule has 0 unspecified atom stereocenters. The van der Waals surface area contributed by atoms with Crippen LogP contribution in [0.4, 0.5) is 0 Å². The summed E-state index contributed by atoms with van der Waals surface area (Å²) in [5, 5.41) is 3.74. The van der Waals surface area contributed by atoms with Crippen molar-refractivity contribution in [3.8, 4) is 0 Å². The average Bonchev–Trinajstić information content (AvgIpc) is 2.64. The third-order valence-electron chi connectivity index (χ3n) is 3.85. The van der Waals surface area contributed by atoms with Gasteiger partial charge in [0.2, 0.25) is 5.91 Å². The van der Waals surface area contributed by atoms with Crippen molar-refractivity contribution < 1.29 is 9.53 Å². The summed E-state index contributed by atoms with van der Waals surface area (Å²) in [6, 6.07) is 7.73.